The van der Waals surface area contributed by atoms with Crippen LogP contribution in [0.15, 0.2) is 57.7 Å². The van der Waals surface area contributed by atoms with Crippen molar-refractivity contribution >= 4 is 28.5 Å². The van der Waals surface area contributed by atoms with Gasteiger partial charge >= 0.3 is 5.97 Å². The van der Waals surface area contributed by atoms with Crippen molar-refractivity contribution in [3.05, 3.63) is 75.6 Å². The molecule has 7 heteroatoms. The first kappa shape index (κ1) is 20.7. The normalized spacial score (nSPS) is 14.0. The molecule has 0 unspecified atom stereocenters. The van der Waals surface area contributed by atoms with Gasteiger partial charge in [0.15, 0.2) is 12.0 Å². The number of carbonyl (C=O) groups excluding carboxylic acids is 2. The first-order valence-corrected chi connectivity index (χ1v) is 10.2. The number of fused-ring (bicyclic) bond motifs is 1. The van der Waals surface area contributed by atoms with Crippen molar-refractivity contribution in [3.8, 4) is 0 Å². The van der Waals surface area contributed by atoms with Crippen LogP contribution < -0.4 is 10.3 Å². The standard InChI is InChI=1S/C24H24N2O5/c1-16-6-5-8-19(17(16)2)25-10-12-26(13-11-25)23(28)15-30-24(29)22-14-20(27)18-7-3-4-9-21(18)31-22/h3-9,14H,10-13,15H2,1-2H3. The van der Waals surface area contributed by atoms with Crippen molar-refractivity contribution in [3.63, 3.8) is 0 Å². The first-order valence-electron chi connectivity index (χ1n) is 10.2. The molecule has 0 aliphatic carbocycles. The third-order valence-electron chi connectivity index (χ3n) is 5.71. The fourth-order valence-corrected chi connectivity index (χ4v) is 3.77. The van der Waals surface area contributed by atoms with E-state index in [0.717, 1.165) is 6.07 Å². The van der Waals surface area contributed by atoms with E-state index in [1.54, 1.807) is 29.2 Å². The van der Waals surface area contributed by atoms with Crippen LogP contribution in [0.2, 0.25) is 0 Å². The molecule has 0 radical (unpaired) electrons. The van der Waals surface area contributed by atoms with Crippen LogP contribution in [0.4, 0.5) is 5.69 Å². The number of rotatable bonds is 4. The first-order chi connectivity index (χ1) is 14.9. The van der Waals surface area contributed by atoms with E-state index in [1.807, 2.05) is 6.07 Å². The number of benzene rings is 2. The predicted molar refractivity (Wildman–Crippen MR) is 117 cm³/mol. The topological polar surface area (TPSA) is 80.1 Å². The Morgan fingerprint density at radius 1 is 1.00 bits per heavy atom. The number of hydrogen-bond donors (Lipinski definition) is 0. The Morgan fingerprint density at radius 2 is 1.74 bits per heavy atom. The van der Waals surface area contributed by atoms with E-state index in [-0.39, 0.29) is 17.1 Å². The molecule has 0 spiro atoms. The molecule has 7 nitrogen and oxygen atoms in total. The number of carbonyl (C=O) groups is 2. The third kappa shape index (κ3) is 4.30. The van der Waals surface area contributed by atoms with E-state index in [2.05, 4.69) is 30.9 Å². The van der Waals surface area contributed by atoms with Gasteiger partial charge in [-0.3, -0.25) is 9.59 Å². The molecule has 3 aromatic rings. The highest BCUT2D eigenvalue weighted by Gasteiger charge is 2.24. The number of hydrogen-bond acceptors (Lipinski definition) is 6. The average molecular weight is 420 g/mol. The lowest BCUT2D eigenvalue weighted by Crippen LogP contribution is -2.50. The lowest BCUT2D eigenvalue weighted by Gasteiger charge is -2.37. The van der Waals surface area contributed by atoms with E-state index >= 15 is 0 Å². The Balaban J connectivity index is 1.34. The van der Waals surface area contributed by atoms with E-state index in [1.165, 1.54) is 16.8 Å². The summed E-state index contributed by atoms with van der Waals surface area (Å²) in [5, 5.41) is 0.386. The van der Waals surface area contributed by atoms with Gasteiger partial charge in [-0.2, -0.15) is 0 Å². The second-order valence-electron chi connectivity index (χ2n) is 7.63. The molecule has 2 aromatic carbocycles. The smallest absolute Gasteiger partial charge is 0.374 e. The molecule has 0 atom stereocenters. The highest BCUT2D eigenvalue weighted by atomic mass is 16.5. The third-order valence-corrected chi connectivity index (χ3v) is 5.71. The molecule has 1 aliphatic rings. The van der Waals surface area contributed by atoms with Gasteiger partial charge in [0, 0.05) is 37.9 Å². The second kappa shape index (κ2) is 8.63. The van der Waals surface area contributed by atoms with Crippen LogP contribution in [0.5, 0.6) is 0 Å². The van der Waals surface area contributed by atoms with Gasteiger partial charge in [0.1, 0.15) is 5.58 Å². The Bertz CT molecular complexity index is 1190. The summed E-state index contributed by atoms with van der Waals surface area (Å²) in [5.41, 5.74) is 3.64. The number of para-hydroxylation sites is 1. The number of aryl methyl sites for hydroxylation is 1. The largest absolute Gasteiger partial charge is 0.450 e. The zero-order valence-corrected chi connectivity index (χ0v) is 17.6. The number of ether oxygens (including phenoxy) is 1. The molecular formula is C24H24N2O5. The minimum absolute atomic E-state index is 0.212. The van der Waals surface area contributed by atoms with Crippen molar-refractivity contribution in [2.24, 2.45) is 0 Å². The van der Waals surface area contributed by atoms with E-state index in [9.17, 15) is 14.4 Å². The molecule has 1 fully saturated rings. The van der Waals surface area contributed by atoms with Crippen LogP contribution in [0.1, 0.15) is 21.7 Å². The van der Waals surface area contributed by atoms with Gasteiger partial charge in [-0.05, 0) is 43.2 Å². The van der Waals surface area contributed by atoms with E-state index in [4.69, 9.17) is 9.15 Å². The monoisotopic (exact) mass is 420 g/mol. The fourth-order valence-electron chi connectivity index (χ4n) is 3.77. The zero-order chi connectivity index (χ0) is 22.0. The fraction of sp³-hybridized carbons (Fsp3) is 0.292. The molecule has 160 valence electrons. The number of piperazine rings is 1. The summed E-state index contributed by atoms with van der Waals surface area (Å²) < 4.78 is 10.6. The summed E-state index contributed by atoms with van der Waals surface area (Å²) in [6.45, 7) is 6.33. The Kier molecular flexibility index (Phi) is 5.75. The maximum atomic E-state index is 12.5. The maximum Gasteiger partial charge on any atom is 0.374 e. The van der Waals surface area contributed by atoms with Crippen LogP contribution in [0, 0.1) is 13.8 Å². The Hall–Kier alpha value is -3.61. The maximum absolute atomic E-state index is 12.5. The minimum atomic E-state index is -0.828. The second-order valence-corrected chi connectivity index (χ2v) is 7.63. The number of esters is 1. The van der Waals surface area contributed by atoms with E-state index in [0.29, 0.717) is 37.1 Å². The van der Waals surface area contributed by atoms with Gasteiger partial charge in [-0.25, -0.2) is 4.79 Å². The van der Waals surface area contributed by atoms with E-state index < -0.39 is 12.6 Å². The Labute approximate surface area is 179 Å². The summed E-state index contributed by atoms with van der Waals surface area (Å²) in [5.74, 6) is -1.31. The molecule has 1 saturated heterocycles. The van der Waals surface area contributed by atoms with Gasteiger partial charge in [0.05, 0.1) is 5.39 Å². The summed E-state index contributed by atoms with van der Waals surface area (Å²) >= 11 is 0. The SMILES string of the molecule is Cc1cccc(N2CCN(C(=O)COC(=O)c3cc(=O)c4ccccc4o3)CC2)c1C. The molecule has 1 aromatic heterocycles. The van der Waals surface area contributed by atoms with Crippen molar-refractivity contribution in [1.82, 2.24) is 4.90 Å². The van der Waals surface area contributed by atoms with Crippen molar-refractivity contribution in [2.75, 3.05) is 37.7 Å². The van der Waals surface area contributed by atoms with Crippen LogP contribution in [0.3, 0.4) is 0 Å². The van der Waals surface area contributed by atoms with Crippen molar-refractivity contribution in [2.45, 2.75) is 13.8 Å². The molecule has 0 N–H and O–H groups in total. The molecule has 4 rings (SSSR count). The number of anilines is 1. The zero-order valence-electron chi connectivity index (χ0n) is 17.6. The van der Waals surface area contributed by atoms with Crippen LogP contribution in [0.25, 0.3) is 11.0 Å². The van der Waals surface area contributed by atoms with Gasteiger partial charge < -0.3 is 19.0 Å². The van der Waals surface area contributed by atoms with Crippen molar-refractivity contribution in [1.29, 1.82) is 0 Å². The summed E-state index contributed by atoms with van der Waals surface area (Å²) in [6, 6.07) is 14.0. The molecular weight excluding hydrogens is 396 g/mol. The van der Waals surface area contributed by atoms with Gasteiger partial charge in [-0.1, -0.05) is 24.3 Å². The molecule has 1 aliphatic heterocycles. The quantitative estimate of drug-likeness (QED) is 0.604. The lowest BCUT2D eigenvalue weighted by molar-refractivity contribution is -0.134. The lowest BCUT2D eigenvalue weighted by atomic mass is 10.1. The number of nitrogens with zero attached hydrogens (tertiary/aromatic N) is 2. The van der Waals surface area contributed by atoms with Crippen LogP contribution >= 0.6 is 0 Å². The van der Waals surface area contributed by atoms with Gasteiger partial charge in [0.25, 0.3) is 5.91 Å². The molecule has 2 heterocycles. The van der Waals surface area contributed by atoms with Crippen LogP contribution in [-0.2, 0) is 9.53 Å². The molecule has 0 saturated carbocycles. The van der Waals surface area contributed by atoms with Crippen molar-refractivity contribution < 1.29 is 18.7 Å². The summed E-state index contributed by atoms with van der Waals surface area (Å²) in [6.07, 6.45) is 0. The molecule has 1 amide bonds. The molecule has 31 heavy (non-hydrogen) atoms. The predicted octanol–water partition coefficient (Wildman–Crippen LogP) is 2.92. The number of amides is 1. The summed E-state index contributed by atoms with van der Waals surface area (Å²) in [4.78, 5) is 40.9. The van der Waals surface area contributed by atoms with Gasteiger partial charge in [0.2, 0.25) is 5.76 Å². The Morgan fingerprint density at radius 3 is 2.52 bits per heavy atom. The summed E-state index contributed by atoms with van der Waals surface area (Å²) in [7, 11) is 0. The average Bonchev–Trinajstić information content (AvgIpc) is 2.79. The highest BCUT2D eigenvalue weighted by Crippen LogP contribution is 2.24. The van der Waals surface area contributed by atoms with Crippen LogP contribution in [-0.4, -0.2) is 49.6 Å². The highest BCUT2D eigenvalue weighted by molar-refractivity contribution is 5.90. The molecule has 0 bridgehead atoms. The minimum Gasteiger partial charge on any atom is -0.450 e. The van der Waals surface area contributed by atoms with Gasteiger partial charge in [-0.15, -0.1) is 0 Å².